The number of anilines is 1. The van der Waals surface area contributed by atoms with Crippen LogP contribution in [0.1, 0.15) is 27.5 Å². The van der Waals surface area contributed by atoms with E-state index in [1.807, 2.05) is 24.5 Å². The Labute approximate surface area is 166 Å². The van der Waals surface area contributed by atoms with Crippen molar-refractivity contribution in [1.82, 2.24) is 24.9 Å². The van der Waals surface area contributed by atoms with Gasteiger partial charge in [0.1, 0.15) is 23.4 Å². The topological polar surface area (TPSA) is 108 Å². The Kier molecular flexibility index (Phi) is 4.78. The average Bonchev–Trinajstić information content (AvgIpc) is 3.30. The summed E-state index contributed by atoms with van der Waals surface area (Å²) in [7, 11) is 0. The van der Waals surface area contributed by atoms with E-state index in [1.54, 1.807) is 43.6 Å². The first-order chi connectivity index (χ1) is 14.0. The molecule has 0 radical (unpaired) electrons. The Balaban J connectivity index is 1.41. The number of hydrogen-bond acceptors (Lipinski definition) is 7. The first kappa shape index (κ1) is 18.4. The predicted octanol–water partition coefficient (Wildman–Crippen LogP) is 3.62. The number of aryl methyl sites for hydroxylation is 2. The largest absolute Gasteiger partial charge is 0.438 e. The molecule has 29 heavy (non-hydrogen) atoms. The number of carbonyl (C=O) groups is 1. The number of ether oxygens (including phenoxy) is 1. The molecule has 0 atom stereocenters. The minimum atomic E-state index is -0.288. The van der Waals surface area contributed by atoms with Gasteiger partial charge in [0.2, 0.25) is 5.88 Å². The van der Waals surface area contributed by atoms with Crippen molar-refractivity contribution in [1.29, 1.82) is 0 Å². The highest BCUT2D eigenvalue weighted by Gasteiger charge is 2.13. The van der Waals surface area contributed by atoms with E-state index in [0.29, 0.717) is 34.5 Å². The molecular formula is C20H18N6O3. The summed E-state index contributed by atoms with van der Waals surface area (Å²) >= 11 is 0. The molecule has 0 bridgehead atoms. The van der Waals surface area contributed by atoms with Crippen molar-refractivity contribution in [2.24, 2.45) is 0 Å². The summed E-state index contributed by atoms with van der Waals surface area (Å²) in [6.07, 6.45) is 3.10. The maximum Gasteiger partial charge on any atom is 0.260 e. The first-order valence-electron chi connectivity index (χ1n) is 8.86. The van der Waals surface area contributed by atoms with E-state index in [-0.39, 0.29) is 5.91 Å². The average molecular weight is 390 g/mol. The van der Waals surface area contributed by atoms with Crippen LogP contribution in [0.25, 0.3) is 5.82 Å². The van der Waals surface area contributed by atoms with E-state index in [4.69, 9.17) is 9.26 Å². The lowest BCUT2D eigenvalue weighted by molar-refractivity contribution is 0.102. The molecule has 0 saturated carbocycles. The summed E-state index contributed by atoms with van der Waals surface area (Å²) < 4.78 is 12.5. The van der Waals surface area contributed by atoms with Gasteiger partial charge < -0.3 is 14.6 Å². The predicted molar refractivity (Wildman–Crippen MR) is 104 cm³/mol. The van der Waals surface area contributed by atoms with Gasteiger partial charge >= 0.3 is 0 Å². The van der Waals surface area contributed by atoms with Crippen LogP contribution >= 0.6 is 0 Å². The first-order valence-corrected chi connectivity index (χ1v) is 8.86. The summed E-state index contributed by atoms with van der Waals surface area (Å²) in [4.78, 5) is 16.4. The van der Waals surface area contributed by atoms with Crippen LogP contribution in [-0.4, -0.2) is 30.8 Å². The fraction of sp³-hybridized carbons (Fsp3) is 0.150. The number of imidazole rings is 1. The molecule has 0 spiro atoms. The minimum Gasteiger partial charge on any atom is -0.438 e. The third kappa shape index (κ3) is 3.84. The highest BCUT2D eigenvalue weighted by molar-refractivity contribution is 6.04. The van der Waals surface area contributed by atoms with Gasteiger partial charge in [-0.05, 0) is 51.1 Å². The van der Waals surface area contributed by atoms with Gasteiger partial charge in [-0.15, -0.1) is 10.2 Å². The van der Waals surface area contributed by atoms with Crippen LogP contribution in [0.15, 0.2) is 53.4 Å². The second-order valence-corrected chi connectivity index (χ2v) is 6.39. The number of benzene rings is 1. The Morgan fingerprint density at radius 1 is 1.07 bits per heavy atom. The van der Waals surface area contributed by atoms with E-state index in [9.17, 15) is 4.79 Å². The molecule has 0 fully saturated rings. The van der Waals surface area contributed by atoms with Crippen LogP contribution in [-0.2, 0) is 0 Å². The number of amides is 1. The zero-order valence-electron chi connectivity index (χ0n) is 16.1. The molecule has 4 aromatic rings. The molecule has 0 aliphatic rings. The fourth-order valence-corrected chi connectivity index (χ4v) is 2.67. The highest BCUT2D eigenvalue weighted by Crippen LogP contribution is 2.22. The SMILES string of the molecule is Cc1ncn(-c2ccc(Oc3ccc(NC(=O)c4cnoc4C)cc3)nn2)c1C. The minimum absolute atomic E-state index is 0.288. The second-order valence-electron chi connectivity index (χ2n) is 6.39. The summed E-state index contributed by atoms with van der Waals surface area (Å²) in [5.41, 5.74) is 2.96. The summed E-state index contributed by atoms with van der Waals surface area (Å²) in [6, 6.07) is 10.5. The van der Waals surface area contributed by atoms with Gasteiger partial charge in [0, 0.05) is 17.4 Å². The van der Waals surface area contributed by atoms with Crippen LogP contribution in [0.2, 0.25) is 0 Å². The van der Waals surface area contributed by atoms with Crippen LogP contribution < -0.4 is 10.1 Å². The third-order valence-corrected chi connectivity index (χ3v) is 4.45. The van der Waals surface area contributed by atoms with Crippen LogP contribution in [0.5, 0.6) is 11.6 Å². The molecule has 0 aliphatic heterocycles. The molecule has 146 valence electrons. The molecule has 4 rings (SSSR count). The van der Waals surface area contributed by atoms with E-state index >= 15 is 0 Å². The van der Waals surface area contributed by atoms with Crippen molar-refractivity contribution in [2.45, 2.75) is 20.8 Å². The summed E-state index contributed by atoms with van der Waals surface area (Å²) in [5, 5.41) is 14.7. The van der Waals surface area contributed by atoms with E-state index in [2.05, 4.69) is 25.7 Å². The number of aromatic nitrogens is 5. The van der Waals surface area contributed by atoms with E-state index < -0.39 is 0 Å². The Bertz CT molecular complexity index is 1150. The molecule has 3 heterocycles. The van der Waals surface area contributed by atoms with Crippen molar-refractivity contribution < 1.29 is 14.1 Å². The van der Waals surface area contributed by atoms with Gasteiger partial charge in [0.15, 0.2) is 5.82 Å². The van der Waals surface area contributed by atoms with Crippen molar-refractivity contribution in [3.63, 3.8) is 0 Å². The van der Waals surface area contributed by atoms with E-state index in [1.165, 1.54) is 6.20 Å². The maximum atomic E-state index is 12.2. The number of nitrogens with one attached hydrogen (secondary N) is 1. The van der Waals surface area contributed by atoms with Crippen molar-refractivity contribution in [3.8, 4) is 17.4 Å². The Morgan fingerprint density at radius 3 is 2.45 bits per heavy atom. The van der Waals surface area contributed by atoms with Gasteiger partial charge in [-0.2, -0.15) is 0 Å². The molecule has 9 nitrogen and oxygen atoms in total. The highest BCUT2D eigenvalue weighted by atomic mass is 16.5. The lowest BCUT2D eigenvalue weighted by Crippen LogP contribution is -2.11. The number of carbonyl (C=O) groups excluding carboxylic acids is 1. The molecule has 1 amide bonds. The smallest absolute Gasteiger partial charge is 0.260 e. The molecule has 0 unspecified atom stereocenters. The third-order valence-electron chi connectivity index (χ3n) is 4.45. The molecule has 0 saturated heterocycles. The molecule has 9 heteroatoms. The van der Waals surface area contributed by atoms with Gasteiger partial charge in [0.05, 0.1) is 11.9 Å². The number of nitrogens with zero attached hydrogens (tertiary/aromatic N) is 5. The van der Waals surface area contributed by atoms with E-state index in [0.717, 1.165) is 11.4 Å². The van der Waals surface area contributed by atoms with Gasteiger partial charge in [0.25, 0.3) is 5.91 Å². The molecule has 1 aromatic carbocycles. The molecular weight excluding hydrogens is 372 g/mol. The van der Waals surface area contributed by atoms with Crippen molar-refractivity contribution >= 4 is 11.6 Å². The molecule has 0 aliphatic carbocycles. The molecule has 1 N–H and O–H groups in total. The number of hydrogen-bond donors (Lipinski definition) is 1. The van der Waals surface area contributed by atoms with Crippen molar-refractivity contribution in [3.05, 3.63) is 71.6 Å². The van der Waals surface area contributed by atoms with Crippen LogP contribution in [0, 0.1) is 20.8 Å². The lowest BCUT2D eigenvalue weighted by atomic mass is 10.2. The zero-order valence-corrected chi connectivity index (χ0v) is 16.1. The zero-order chi connectivity index (χ0) is 20.4. The Hall–Kier alpha value is -4.01. The summed E-state index contributed by atoms with van der Waals surface area (Å²) in [5.74, 6) is 1.77. The van der Waals surface area contributed by atoms with Crippen molar-refractivity contribution in [2.75, 3.05) is 5.32 Å². The Morgan fingerprint density at radius 2 is 1.86 bits per heavy atom. The van der Waals surface area contributed by atoms with Crippen LogP contribution in [0.3, 0.4) is 0 Å². The standard InChI is InChI=1S/C20H18N6O3/c1-12-13(2)26(11-21-12)18-8-9-19(25-24-18)28-16-6-4-15(5-7-16)23-20(27)17-10-22-29-14(17)3/h4-11H,1-3H3,(H,23,27). The lowest BCUT2D eigenvalue weighted by Gasteiger charge is -2.08. The number of rotatable bonds is 5. The normalized spacial score (nSPS) is 10.7. The van der Waals surface area contributed by atoms with Crippen LogP contribution in [0.4, 0.5) is 5.69 Å². The van der Waals surface area contributed by atoms with Gasteiger partial charge in [-0.25, -0.2) is 4.98 Å². The maximum absolute atomic E-state index is 12.2. The second kappa shape index (κ2) is 7.55. The monoisotopic (exact) mass is 390 g/mol. The van der Waals surface area contributed by atoms with Gasteiger partial charge in [-0.3, -0.25) is 9.36 Å². The summed E-state index contributed by atoms with van der Waals surface area (Å²) in [6.45, 7) is 5.59. The molecule has 3 aromatic heterocycles. The fourth-order valence-electron chi connectivity index (χ4n) is 2.67. The van der Waals surface area contributed by atoms with Gasteiger partial charge in [-0.1, -0.05) is 5.16 Å². The quantitative estimate of drug-likeness (QED) is 0.554.